The molecule has 3 heterocycles. The molecule has 1 aliphatic heterocycles. The average Bonchev–Trinajstić information content (AvgIpc) is 3.45. The number of anilines is 1. The lowest BCUT2D eigenvalue weighted by Crippen LogP contribution is -2.44. The number of carbonyl (C=O) groups is 1. The Bertz CT molecular complexity index is 1750. The van der Waals surface area contributed by atoms with E-state index in [0.29, 0.717) is 5.39 Å². The Labute approximate surface area is 245 Å². The van der Waals surface area contributed by atoms with Crippen molar-refractivity contribution < 1.29 is 38.1 Å². The first-order valence-electron chi connectivity index (χ1n) is 13.5. The third kappa shape index (κ3) is 6.13. The summed E-state index contributed by atoms with van der Waals surface area (Å²) in [6.45, 7) is 5.58. The number of carbonyl (C=O) groups excluding carboxylic acids is 1. The molecule has 0 bridgehead atoms. The van der Waals surface area contributed by atoms with Crippen LogP contribution in [0.15, 0.2) is 53.6 Å². The van der Waals surface area contributed by atoms with Crippen molar-refractivity contribution >= 4 is 41.6 Å². The smallest absolute Gasteiger partial charge is 0.459 e. The molecule has 1 saturated heterocycles. The number of nitrogens with zero attached hydrogens (tertiary/aromatic N) is 3. The highest BCUT2D eigenvalue weighted by Gasteiger charge is 2.54. The maximum absolute atomic E-state index is 14.2. The summed E-state index contributed by atoms with van der Waals surface area (Å²) in [5.74, 6) is -0.649. The van der Waals surface area contributed by atoms with Crippen LogP contribution in [0.3, 0.4) is 0 Å². The number of aliphatic hydroxyl groups excluding tert-OH is 1. The standard InChI is InChI=1S/C27H33N6O9P/c1-14(2)40-24(36)15(3)32-43(38,42-18-11-7-9-16-8-5-6-10-17(16)18)39-12-19-21(34)27(4,37)25(41-19)33-13-29-20-22(33)30-26(28)31-23(20)35/h5-11,13-15,19,21,25,34,37H,12H2,1-4H3,(H,32,38)(H3,28,30,31,35)/t15-,19+,21+,25+,27+,43?/m0/s1. The third-order valence-electron chi connectivity index (χ3n) is 6.89. The zero-order chi connectivity index (χ0) is 31.1. The van der Waals surface area contributed by atoms with Crippen LogP contribution in [0.5, 0.6) is 5.75 Å². The molecule has 0 spiro atoms. The molecule has 5 rings (SSSR count). The molecule has 16 heteroatoms. The van der Waals surface area contributed by atoms with E-state index in [1.54, 1.807) is 38.1 Å². The molecule has 0 radical (unpaired) electrons. The van der Waals surface area contributed by atoms with Crippen molar-refractivity contribution in [2.24, 2.45) is 0 Å². The number of benzene rings is 2. The van der Waals surface area contributed by atoms with Gasteiger partial charge in [0.25, 0.3) is 5.56 Å². The van der Waals surface area contributed by atoms with Gasteiger partial charge in [0.05, 0.1) is 19.0 Å². The van der Waals surface area contributed by atoms with E-state index in [9.17, 15) is 24.4 Å². The number of nitrogens with two attached hydrogens (primary N) is 1. The van der Waals surface area contributed by atoms with Crippen LogP contribution in [0.1, 0.15) is 33.9 Å². The first-order valence-corrected chi connectivity index (χ1v) is 15.0. The van der Waals surface area contributed by atoms with Crippen LogP contribution < -0.4 is 20.9 Å². The van der Waals surface area contributed by atoms with Gasteiger partial charge in [-0.15, -0.1) is 0 Å². The Balaban J connectivity index is 1.42. The van der Waals surface area contributed by atoms with Gasteiger partial charge in [0.2, 0.25) is 5.95 Å². The molecule has 0 saturated carbocycles. The lowest BCUT2D eigenvalue weighted by atomic mass is 9.96. The van der Waals surface area contributed by atoms with Crippen molar-refractivity contribution in [1.82, 2.24) is 24.6 Å². The molecule has 1 unspecified atom stereocenters. The molecule has 4 aromatic rings. The van der Waals surface area contributed by atoms with Gasteiger partial charge in [0.15, 0.2) is 17.4 Å². The van der Waals surface area contributed by atoms with E-state index in [0.717, 1.165) is 5.39 Å². The van der Waals surface area contributed by atoms with Gasteiger partial charge < -0.3 is 29.9 Å². The number of aromatic amines is 1. The van der Waals surface area contributed by atoms with E-state index in [1.807, 2.05) is 18.2 Å². The fourth-order valence-electron chi connectivity index (χ4n) is 4.78. The highest BCUT2D eigenvalue weighted by molar-refractivity contribution is 7.52. The van der Waals surface area contributed by atoms with Crippen LogP contribution in [0, 0.1) is 0 Å². The topological polar surface area (TPSA) is 213 Å². The number of imidazole rings is 1. The first-order chi connectivity index (χ1) is 20.3. The van der Waals surface area contributed by atoms with Gasteiger partial charge in [0, 0.05) is 5.39 Å². The number of aromatic nitrogens is 4. The molecule has 1 aliphatic rings. The molecular formula is C27H33N6O9P. The zero-order valence-corrected chi connectivity index (χ0v) is 24.7. The molecule has 6 atom stereocenters. The number of hydrogen-bond acceptors (Lipinski definition) is 12. The summed E-state index contributed by atoms with van der Waals surface area (Å²) in [6, 6.07) is 11.3. The van der Waals surface area contributed by atoms with Crippen molar-refractivity contribution in [3.63, 3.8) is 0 Å². The van der Waals surface area contributed by atoms with Crippen LogP contribution in [0.4, 0.5) is 5.95 Å². The molecule has 6 N–H and O–H groups in total. The number of H-pyrrole nitrogens is 1. The fourth-order valence-corrected chi connectivity index (χ4v) is 6.30. The lowest BCUT2D eigenvalue weighted by molar-refractivity contribution is -0.149. The van der Waals surface area contributed by atoms with Crippen LogP contribution in [0.25, 0.3) is 21.9 Å². The van der Waals surface area contributed by atoms with Crippen LogP contribution in [0.2, 0.25) is 0 Å². The molecule has 2 aromatic heterocycles. The summed E-state index contributed by atoms with van der Waals surface area (Å²) < 4.78 is 38.3. The van der Waals surface area contributed by atoms with E-state index in [-0.39, 0.29) is 22.9 Å². The van der Waals surface area contributed by atoms with Gasteiger partial charge >= 0.3 is 13.7 Å². The maximum Gasteiger partial charge on any atom is 0.459 e. The van der Waals surface area contributed by atoms with E-state index >= 15 is 0 Å². The molecule has 230 valence electrons. The second-order valence-corrected chi connectivity index (χ2v) is 12.4. The zero-order valence-electron chi connectivity index (χ0n) is 23.8. The number of esters is 1. The van der Waals surface area contributed by atoms with Crippen molar-refractivity contribution in [3.8, 4) is 5.75 Å². The Morgan fingerprint density at radius 3 is 2.72 bits per heavy atom. The molecule has 0 amide bonds. The Morgan fingerprint density at radius 1 is 1.26 bits per heavy atom. The van der Waals surface area contributed by atoms with Gasteiger partial charge in [-0.2, -0.15) is 10.1 Å². The number of fused-ring (bicyclic) bond motifs is 2. The molecule has 1 fully saturated rings. The monoisotopic (exact) mass is 616 g/mol. The van der Waals surface area contributed by atoms with Crippen LogP contribution >= 0.6 is 7.75 Å². The van der Waals surface area contributed by atoms with Gasteiger partial charge in [-0.3, -0.25) is 23.7 Å². The summed E-state index contributed by atoms with van der Waals surface area (Å²) in [5, 5.41) is 26.3. The molecule has 15 nitrogen and oxygen atoms in total. The number of hydrogen-bond donors (Lipinski definition) is 5. The van der Waals surface area contributed by atoms with Gasteiger partial charge in [-0.05, 0) is 39.1 Å². The van der Waals surface area contributed by atoms with Gasteiger partial charge in [0.1, 0.15) is 29.6 Å². The summed E-state index contributed by atoms with van der Waals surface area (Å²) in [5.41, 5.74) is 3.12. The summed E-state index contributed by atoms with van der Waals surface area (Å²) in [6.07, 6.45) is -3.30. The first kappa shape index (κ1) is 30.6. The van der Waals surface area contributed by atoms with E-state index < -0.39 is 62.1 Å². The Hall–Kier alpha value is -3.85. The number of nitrogen functional groups attached to an aromatic ring is 1. The number of nitrogens with one attached hydrogen (secondary N) is 2. The van der Waals surface area contributed by atoms with Crippen LogP contribution in [-0.2, 0) is 23.4 Å². The molecular weight excluding hydrogens is 583 g/mol. The second kappa shape index (κ2) is 11.7. The Morgan fingerprint density at radius 2 is 1.98 bits per heavy atom. The third-order valence-corrected chi connectivity index (χ3v) is 8.52. The quantitative estimate of drug-likeness (QED) is 0.128. The van der Waals surface area contributed by atoms with Crippen LogP contribution in [-0.4, -0.2) is 72.3 Å². The SMILES string of the molecule is CC(C)OC(=O)[C@H](C)NP(=O)(OC[C@H]1O[C@@H](n2cnc3c(=O)[nH]c(N)nc32)[C@](C)(O)[C@@H]1O)Oc1cccc2ccccc12. The second-order valence-electron chi connectivity index (χ2n) is 10.7. The van der Waals surface area contributed by atoms with E-state index in [4.69, 9.17) is 24.3 Å². The predicted octanol–water partition coefficient (Wildman–Crippen LogP) is 2.00. The normalized spacial score (nSPS) is 24.3. The Kier molecular flexibility index (Phi) is 8.31. The van der Waals surface area contributed by atoms with E-state index in [1.165, 1.54) is 24.7 Å². The largest absolute Gasteiger partial charge is 0.462 e. The summed E-state index contributed by atoms with van der Waals surface area (Å²) in [4.78, 5) is 35.3. The predicted molar refractivity (Wildman–Crippen MR) is 155 cm³/mol. The minimum absolute atomic E-state index is 0.0180. The minimum Gasteiger partial charge on any atom is -0.462 e. The molecule has 0 aliphatic carbocycles. The highest BCUT2D eigenvalue weighted by Crippen LogP contribution is 2.48. The lowest BCUT2D eigenvalue weighted by Gasteiger charge is -2.27. The summed E-state index contributed by atoms with van der Waals surface area (Å²) >= 11 is 0. The van der Waals surface area contributed by atoms with Crippen molar-refractivity contribution in [3.05, 3.63) is 59.1 Å². The summed E-state index contributed by atoms with van der Waals surface area (Å²) in [7, 11) is -4.37. The van der Waals surface area contributed by atoms with Crippen molar-refractivity contribution in [1.29, 1.82) is 0 Å². The highest BCUT2D eigenvalue weighted by atomic mass is 31.2. The number of ether oxygens (including phenoxy) is 2. The van der Waals surface area contributed by atoms with Gasteiger partial charge in [-0.1, -0.05) is 36.4 Å². The van der Waals surface area contributed by atoms with Gasteiger partial charge in [-0.25, -0.2) is 9.55 Å². The number of aliphatic hydroxyl groups is 2. The fraction of sp³-hybridized carbons (Fsp3) is 0.407. The minimum atomic E-state index is -4.37. The average molecular weight is 617 g/mol. The van der Waals surface area contributed by atoms with Crippen molar-refractivity contribution in [2.45, 2.75) is 63.9 Å². The van der Waals surface area contributed by atoms with Crippen molar-refractivity contribution in [2.75, 3.05) is 12.3 Å². The molecule has 2 aromatic carbocycles. The number of rotatable bonds is 10. The molecule has 43 heavy (non-hydrogen) atoms. The van der Waals surface area contributed by atoms with E-state index in [2.05, 4.69) is 20.0 Å². The maximum atomic E-state index is 14.2.